The Morgan fingerprint density at radius 3 is 2.52 bits per heavy atom. The van der Waals surface area contributed by atoms with Crippen molar-refractivity contribution in [3.8, 4) is 0 Å². The van der Waals surface area contributed by atoms with Gasteiger partial charge in [-0.25, -0.2) is 9.97 Å². The highest BCUT2D eigenvalue weighted by atomic mass is 15.2. The summed E-state index contributed by atoms with van der Waals surface area (Å²) in [6, 6.07) is 4.09. The van der Waals surface area contributed by atoms with Gasteiger partial charge >= 0.3 is 0 Å². The number of hydrogen-bond acceptors (Lipinski definition) is 4. The molecule has 2 saturated heterocycles. The van der Waals surface area contributed by atoms with E-state index >= 15 is 0 Å². The number of piperidine rings is 1. The predicted octanol–water partition coefficient (Wildman–Crippen LogP) is 2.62. The fourth-order valence-electron chi connectivity index (χ4n) is 3.86. The average molecular weight is 288 g/mol. The molecule has 0 amide bonds. The molecule has 1 N–H and O–H groups in total. The molecule has 21 heavy (non-hydrogen) atoms. The summed E-state index contributed by atoms with van der Waals surface area (Å²) in [4.78, 5) is 12.2. The van der Waals surface area contributed by atoms with Crippen molar-refractivity contribution in [1.29, 1.82) is 0 Å². The quantitative estimate of drug-likeness (QED) is 0.924. The van der Waals surface area contributed by atoms with Gasteiger partial charge in [0.05, 0.1) is 5.69 Å². The van der Waals surface area contributed by atoms with Gasteiger partial charge in [-0.15, -0.1) is 0 Å². The molecule has 0 aromatic carbocycles. The lowest BCUT2D eigenvalue weighted by atomic mass is 9.90. The molecular weight excluding hydrogens is 260 g/mol. The van der Waals surface area contributed by atoms with Gasteiger partial charge < -0.3 is 10.2 Å². The fourth-order valence-corrected chi connectivity index (χ4v) is 3.86. The maximum absolute atomic E-state index is 4.86. The second-order valence-electron chi connectivity index (χ2n) is 7.11. The summed E-state index contributed by atoms with van der Waals surface area (Å²) in [5, 5.41) is 3.46. The van der Waals surface area contributed by atoms with E-state index in [1.165, 1.54) is 25.7 Å². The predicted molar refractivity (Wildman–Crippen MR) is 85.3 cm³/mol. The van der Waals surface area contributed by atoms with E-state index in [2.05, 4.69) is 44.1 Å². The monoisotopic (exact) mass is 288 g/mol. The SMILES string of the molecule is Cc1cc(CNC(C)C)nc(C2CC3CCC(C2)N3C)n1. The highest BCUT2D eigenvalue weighted by molar-refractivity contribution is 5.14. The third kappa shape index (κ3) is 3.27. The Morgan fingerprint density at radius 1 is 1.24 bits per heavy atom. The molecule has 2 fully saturated rings. The van der Waals surface area contributed by atoms with Crippen molar-refractivity contribution in [2.75, 3.05) is 7.05 Å². The van der Waals surface area contributed by atoms with Crippen molar-refractivity contribution < 1.29 is 0 Å². The van der Waals surface area contributed by atoms with Crippen LogP contribution in [-0.4, -0.2) is 40.0 Å². The summed E-state index contributed by atoms with van der Waals surface area (Å²) >= 11 is 0. The average Bonchev–Trinajstić information content (AvgIpc) is 2.65. The van der Waals surface area contributed by atoms with Gasteiger partial charge in [0.2, 0.25) is 0 Å². The third-order valence-electron chi connectivity index (χ3n) is 5.08. The Balaban J connectivity index is 1.76. The summed E-state index contributed by atoms with van der Waals surface area (Å²) in [5.41, 5.74) is 2.24. The molecule has 2 atom stereocenters. The molecule has 0 aliphatic carbocycles. The first-order valence-electron chi connectivity index (χ1n) is 8.32. The highest BCUT2D eigenvalue weighted by Gasteiger charge is 2.39. The van der Waals surface area contributed by atoms with Crippen LogP contribution < -0.4 is 5.32 Å². The second-order valence-corrected chi connectivity index (χ2v) is 7.11. The van der Waals surface area contributed by atoms with Gasteiger partial charge in [-0.3, -0.25) is 0 Å². The van der Waals surface area contributed by atoms with Gasteiger partial charge in [0.15, 0.2) is 0 Å². The van der Waals surface area contributed by atoms with Gasteiger partial charge in [-0.2, -0.15) is 0 Å². The van der Waals surface area contributed by atoms with Crippen molar-refractivity contribution in [2.45, 2.75) is 77.0 Å². The van der Waals surface area contributed by atoms with E-state index < -0.39 is 0 Å². The van der Waals surface area contributed by atoms with Gasteiger partial charge in [0, 0.05) is 36.3 Å². The lowest BCUT2D eigenvalue weighted by Gasteiger charge is -2.35. The van der Waals surface area contributed by atoms with E-state index in [0.29, 0.717) is 12.0 Å². The van der Waals surface area contributed by atoms with Crippen LogP contribution in [-0.2, 0) is 6.54 Å². The van der Waals surface area contributed by atoms with Crippen molar-refractivity contribution in [2.24, 2.45) is 0 Å². The normalized spacial score (nSPS) is 29.3. The molecule has 0 radical (unpaired) electrons. The molecule has 3 heterocycles. The number of fused-ring (bicyclic) bond motifs is 2. The molecule has 4 heteroatoms. The van der Waals surface area contributed by atoms with Crippen LogP contribution in [0.25, 0.3) is 0 Å². The lowest BCUT2D eigenvalue weighted by Crippen LogP contribution is -2.39. The molecule has 1 aromatic heterocycles. The molecule has 2 bridgehead atoms. The molecule has 2 aliphatic heterocycles. The van der Waals surface area contributed by atoms with Gasteiger partial charge in [-0.1, -0.05) is 13.8 Å². The number of nitrogens with one attached hydrogen (secondary N) is 1. The maximum atomic E-state index is 4.86. The Labute approximate surface area is 128 Å². The highest BCUT2D eigenvalue weighted by Crippen LogP contribution is 2.41. The largest absolute Gasteiger partial charge is 0.309 e. The second kappa shape index (κ2) is 6.01. The van der Waals surface area contributed by atoms with E-state index in [9.17, 15) is 0 Å². The summed E-state index contributed by atoms with van der Waals surface area (Å²) in [6.45, 7) is 7.27. The van der Waals surface area contributed by atoms with Crippen molar-refractivity contribution in [1.82, 2.24) is 20.2 Å². The minimum Gasteiger partial charge on any atom is -0.309 e. The first-order chi connectivity index (χ1) is 10.0. The summed E-state index contributed by atoms with van der Waals surface area (Å²) < 4.78 is 0. The zero-order valence-electron chi connectivity index (χ0n) is 13.8. The Morgan fingerprint density at radius 2 is 1.90 bits per heavy atom. The Kier molecular flexibility index (Phi) is 4.27. The van der Waals surface area contributed by atoms with Crippen LogP contribution >= 0.6 is 0 Å². The zero-order chi connectivity index (χ0) is 15.0. The molecule has 2 unspecified atom stereocenters. The number of rotatable bonds is 4. The van der Waals surface area contributed by atoms with Crippen LogP contribution in [0.15, 0.2) is 6.07 Å². The summed E-state index contributed by atoms with van der Waals surface area (Å²) in [6.07, 6.45) is 5.16. The lowest BCUT2D eigenvalue weighted by molar-refractivity contribution is 0.158. The maximum Gasteiger partial charge on any atom is 0.132 e. The first kappa shape index (κ1) is 14.9. The van der Waals surface area contributed by atoms with E-state index in [0.717, 1.165) is 35.8 Å². The molecule has 3 rings (SSSR count). The third-order valence-corrected chi connectivity index (χ3v) is 5.08. The molecule has 4 nitrogen and oxygen atoms in total. The number of hydrogen-bond donors (Lipinski definition) is 1. The number of nitrogens with zero attached hydrogens (tertiary/aromatic N) is 3. The Hall–Kier alpha value is -1.00. The van der Waals surface area contributed by atoms with Crippen molar-refractivity contribution >= 4 is 0 Å². The van der Waals surface area contributed by atoms with Gasteiger partial charge in [0.25, 0.3) is 0 Å². The van der Waals surface area contributed by atoms with Crippen LogP contribution in [0.3, 0.4) is 0 Å². The van der Waals surface area contributed by atoms with Gasteiger partial charge in [-0.05, 0) is 45.7 Å². The van der Waals surface area contributed by atoms with Crippen LogP contribution in [0.1, 0.15) is 62.7 Å². The summed E-state index contributed by atoms with van der Waals surface area (Å²) in [7, 11) is 2.29. The molecule has 0 spiro atoms. The smallest absolute Gasteiger partial charge is 0.132 e. The molecular formula is C17H28N4. The van der Waals surface area contributed by atoms with E-state index in [1.54, 1.807) is 0 Å². The molecule has 1 aromatic rings. The van der Waals surface area contributed by atoms with Crippen LogP contribution in [0.4, 0.5) is 0 Å². The Bertz CT molecular complexity index is 486. The molecule has 0 saturated carbocycles. The van der Waals surface area contributed by atoms with E-state index in [4.69, 9.17) is 9.97 Å². The summed E-state index contributed by atoms with van der Waals surface area (Å²) in [5.74, 6) is 1.64. The van der Waals surface area contributed by atoms with Crippen LogP contribution in [0.5, 0.6) is 0 Å². The number of aromatic nitrogens is 2. The van der Waals surface area contributed by atoms with Crippen molar-refractivity contribution in [3.05, 3.63) is 23.3 Å². The fraction of sp³-hybridized carbons (Fsp3) is 0.765. The van der Waals surface area contributed by atoms with E-state index in [1.807, 2.05) is 0 Å². The molecule has 116 valence electrons. The minimum atomic E-state index is 0.489. The van der Waals surface area contributed by atoms with Crippen molar-refractivity contribution in [3.63, 3.8) is 0 Å². The first-order valence-corrected chi connectivity index (χ1v) is 8.32. The minimum absolute atomic E-state index is 0.489. The zero-order valence-corrected chi connectivity index (χ0v) is 13.8. The standard InChI is InChI=1S/C17H28N4/c1-11(2)18-10-14-7-12(3)19-17(20-14)13-8-15-5-6-16(9-13)21(15)4/h7,11,13,15-16,18H,5-6,8-10H2,1-4H3. The molecule has 2 aliphatic rings. The van der Waals surface area contributed by atoms with E-state index in [-0.39, 0.29) is 0 Å². The van der Waals surface area contributed by atoms with Gasteiger partial charge in [0.1, 0.15) is 5.82 Å². The van der Waals surface area contributed by atoms with Crippen LogP contribution in [0.2, 0.25) is 0 Å². The topological polar surface area (TPSA) is 41.1 Å². The van der Waals surface area contributed by atoms with Crippen LogP contribution in [0, 0.1) is 6.92 Å². The number of aryl methyl sites for hydroxylation is 1.